The summed E-state index contributed by atoms with van der Waals surface area (Å²) < 4.78 is 20.4. The van der Waals surface area contributed by atoms with E-state index < -0.39 is 11.7 Å². The lowest BCUT2D eigenvalue weighted by molar-refractivity contribution is 0.0421. The van der Waals surface area contributed by atoms with Gasteiger partial charge in [-0.15, -0.1) is 0 Å². The summed E-state index contributed by atoms with van der Waals surface area (Å²) in [6.45, 7) is 6.21. The fourth-order valence-corrected chi connectivity index (χ4v) is 4.23. The number of amides is 3. The van der Waals surface area contributed by atoms with E-state index in [0.29, 0.717) is 22.4 Å². The molecule has 2 aliphatic heterocycles. The van der Waals surface area contributed by atoms with E-state index in [1.807, 2.05) is 26.0 Å². The third kappa shape index (κ3) is 6.12. The van der Waals surface area contributed by atoms with Gasteiger partial charge in [0.05, 0.1) is 11.6 Å². The zero-order valence-corrected chi connectivity index (χ0v) is 19.7. The molecule has 2 aliphatic rings. The van der Waals surface area contributed by atoms with Gasteiger partial charge in [-0.25, -0.2) is 9.18 Å². The third-order valence-electron chi connectivity index (χ3n) is 6.26. The number of rotatable bonds is 3. The lowest BCUT2D eigenvalue weighted by atomic mass is 9.85. The summed E-state index contributed by atoms with van der Waals surface area (Å²) in [6.07, 6.45) is 2.92. The number of benzene rings is 2. The van der Waals surface area contributed by atoms with Crippen LogP contribution in [0.4, 0.5) is 14.9 Å². The minimum Gasteiger partial charge on any atom is -0.381 e. The average Bonchev–Trinajstić information content (AvgIpc) is 3.41. The van der Waals surface area contributed by atoms with Crippen LogP contribution in [-0.4, -0.2) is 43.1 Å². The van der Waals surface area contributed by atoms with Crippen LogP contribution in [0.3, 0.4) is 0 Å². The van der Waals surface area contributed by atoms with Crippen molar-refractivity contribution < 1.29 is 18.7 Å². The van der Waals surface area contributed by atoms with Crippen LogP contribution in [0.1, 0.15) is 58.3 Å². The summed E-state index contributed by atoms with van der Waals surface area (Å²) >= 11 is 0. The van der Waals surface area contributed by atoms with Gasteiger partial charge >= 0.3 is 6.03 Å². The number of hydrogen-bond acceptors (Lipinski definition) is 4. The van der Waals surface area contributed by atoms with E-state index in [-0.39, 0.29) is 31.8 Å². The van der Waals surface area contributed by atoms with Gasteiger partial charge in [0.2, 0.25) is 0 Å². The van der Waals surface area contributed by atoms with Gasteiger partial charge in [-0.1, -0.05) is 18.2 Å². The monoisotopic (exact) mass is 466 g/mol. The molecule has 180 valence electrons. The van der Waals surface area contributed by atoms with Gasteiger partial charge in [0.25, 0.3) is 5.91 Å². The number of primary amides is 1. The Morgan fingerprint density at radius 1 is 1.09 bits per heavy atom. The molecule has 3 N–H and O–H groups in total. The van der Waals surface area contributed by atoms with Crippen LogP contribution < -0.4 is 11.1 Å². The number of ether oxygens (including phenoxy) is 1. The van der Waals surface area contributed by atoms with Crippen LogP contribution in [0.2, 0.25) is 0 Å². The van der Waals surface area contributed by atoms with Crippen molar-refractivity contribution in [3.8, 4) is 6.07 Å². The first-order chi connectivity index (χ1) is 16.2. The number of piperidine rings is 1. The maximum atomic E-state index is 15.4. The second-order valence-electron chi connectivity index (χ2n) is 8.74. The zero-order valence-electron chi connectivity index (χ0n) is 19.7. The fraction of sp³-hybridized carbons (Fsp3) is 0.423. The van der Waals surface area contributed by atoms with Crippen LogP contribution in [0, 0.1) is 25.2 Å². The smallest absolute Gasteiger partial charge is 0.316 e. The highest BCUT2D eigenvalue weighted by molar-refractivity contribution is 5.98. The molecule has 0 unspecified atom stereocenters. The highest BCUT2D eigenvalue weighted by Gasteiger charge is 2.38. The lowest BCUT2D eigenvalue weighted by Crippen LogP contribution is -2.43. The Bertz CT molecular complexity index is 1060. The third-order valence-corrected chi connectivity index (χ3v) is 6.26. The average molecular weight is 467 g/mol. The Hall–Kier alpha value is -3.44. The summed E-state index contributed by atoms with van der Waals surface area (Å²) in [5.74, 6) is -0.197. The number of nitrogens with zero attached hydrogens (tertiary/aromatic N) is 2. The van der Waals surface area contributed by atoms with Crippen LogP contribution in [0.15, 0.2) is 36.4 Å². The number of urea groups is 1. The van der Waals surface area contributed by atoms with Crippen LogP contribution in [0.5, 0.6) is 0 Å². The van der Waals surface area contributed by atoms with Crippen molar-refractivity contribution in [2.75, 3.05) is 31.6 Å². The molecule has 0 aromatic heterocycles. The molecule has 0 aliphatic carbocycles. The van der Waals surface area contributed by atoms with Crippen LogP contribution in [0.25, 0.3) is 0 Å². The first-order valence-electron chi connectivity index (χ1n) is 11.5. The largest absolute Gasteiger partial charge is 0.381 e. The van der Waals surface area contributed by atoms with Crippen molar-refractivity contribution >= 4 is 17.6 Å². The molecule has 3 amide bonds. The lowest BCUT2D eigenvalue weighted by Gasteiger charge is -2.37. The Balaban J connectivity index is 0.000000574. The predicted octanol–water partition coefficient (Wildman–Crippen LogP) is 4.56. The molecule has 0 radical (unpaired) electrons. The van der Waals surface area contributed by atoms with Crippen molar-refractivity contribution in [3.05, 3.63) is 64.2 Å². The molecule has 2 fully saturated rings. The summed E-state index contributed by atoms with van der Waals surface area (Å²) in [4.78, 5) is 25.8. The second-order valence-corrected chi connectivity index (χ2v) is 8.74. The van der Waals surface area contributed by atoms with Gasteiger partial charge < -0.3 is 20.7 Å². The van der Waals surface area contributed by atoms with Gasteiger partial charge in [-0.3, -0.25) is 4.79 Å². The van der Waals surface area contributed by atoms with Gasteiger partial charge in [0, 0.05) is 50.4 Å². The molecule has 2 heterocycles. The van der Waals surface area contributed by atoms with Gasteiger partial charge in [-0.2, -0.15) is 5.26 Å². The first kappa shape index (κ1) is 25.2. The summed E-state index contributed by atoms with van der Waals surface area (Å²) in [5.41, 5.74) is 7.23. The van der Waals surface area contributed by atoms with Crippen molar-refractivity contribution in [1.29, 1.82) is 5.26 Å². The molecule has 2 aromatic carbocycles. The Kier molecular flexibility index (Phi) is 8.24. The number of carbonyl (C=O) groups is 2. The van der Waals surface area contributed by atoms with Gasteiger partial charge in [-0.05, 0) is 61.6 Å². The molecular formula is C26H31FN4O3. The number of anilines is 1. The number of carbonyl (C=O) groups excluding carboxylic acids is 2. The quantitative estimate of drug-likeness (QED) is 0.691. The predicted molar refractivity (Wildman–Crippen MR) is 128 cm³/mol. The van der Waals surface area contributed by atoms with E-state index in [9.17, 15) is 9.59 Å². The number of hydrogen-bond donors (Lipinski definition) is 2. The van der Waals surface area contributed by atoms with E-state index >= 15 is 4.39 Å². The number of likely N-dealkylation sites (tertiary alicyclic amines) is 1. The molecule has 8 heteroatoms. The molecule has 2 saturated heterocycles. The van der Waals surface area contributed by atoms with E-state index in [0.717, 1.165) is 24.3 Å². The van der Waals surface area contributed by atoms with Crippen molar-refractivity contribution in [3.63, 3.8) is 0 Å². The Morgan fingerprint density at radius 2 is 1.71 bits per heavy atom. The number of nitrogens with one attached hydrogen (secondary N) is 1. The van der Waals surface area contributed by atoms with E-state index in [4.69, 9.17) is 15.7 Å². The summed E-state index contributed by atoms with van der Waals surface area (Å²) in [6, 6.07) is 11.3. The highest BCUT2D eigenvalue weighted by atomic mass is 19.1. The van der Waals surface area contributed by atoms with Crippen molar-refractivity contribution in [2.24, 2.45) is 5.73 Å². The van der Waals surface area contributed by atoms with Crippen LogP contribution >= 0.6 is 0 Å². The number of nitrogens with two attached hydrogens (primary N) is 1. The van der Waals surface area contributed by atoms with Crippen molar-refractivity contribution in [2.45, 2.75) is 45.2 Å². The molecule has 4 rings (SSSR count). The maximum Gasteiger partial charge on any atom is 0.316 e. The molecule has 2 aromatic rings. The van der Waals surface area contributed by atoms with E-state index in [1.54, 1.807) is 35.2 Å². The Morgan fingerprint density at radius 3 is 2.21 bits per heavy atom. The topological polar surface area (TPSA) is 108 Å². The number of nitriles is 1. The molecule has 0 bridgehead atoms. The maximum absolute atomic E-state index is 15.4. The minimum absolute atomic E-state index is 0.182. The fourth-order valence-electron chi connectivity index (χ4n) is 4.23. The van der Waals surface area contributed by atoms with Crippen LogP contribution in [-0.2, 0) is 10.4 Å². The molecule has 0 spiro atoms. The molecule has 0 saturated carbocycles. The second kappa shape index (κ2) is 11.1. The Labute approximate surface area is 199 Å². The molecule has 7 nitrogen and oxygen atoms in total. The number of halogens is 1. The minimum atomic E-state index is -1.52. The standard InChI is InChI=1S/C22H23FN4O2.C4H8O/c1-14-11-15(2)19(26-21(25)29)12-18(14)20(28)27-9-7-22(23,8-10-27)17-5-3-16(13-24)4-6-17;1-2-4-5-3-1/h3-6,11-12H,7-10H2,1-2H3,(H3,25,26,29);1-4H2. The van der Waals surface area contributed by atoms with Gasteiger partial charge in [0.1, 0.15) is 5.67 Å². The SMILES string of the molecule is C1CCOC1.Cc1cc(C)c(C(=O)N2CCC(F)(c3ccc(C#N)cc3)CC2)cc1NC(N)=O. The first-order valence-corrected chi connectivity index (χ1v) is 11.5. The number of aryl methyl sites for hydroxylation is 2. The summed E-state index contributed by atoms with van der Waals surface area (Å²) in [7, 11) is 0. The zero-order chi connectivity index (χ0) is 24.7. The highest BCUT2D eigenvalue weighted by Crippen LogP contribution is 2.37. The molecule has 0 atom stereocenters. The molecule has 34 heavy (non-hydrogen) atoms. The number of alkyl halides is 1. The van der Waals surface area contributed by atoms with E-state index in [1.165, 1.54) is 12.8 Å². The normalized spacial score (nSPS) is 16.7. The summed E-state index contributed by atoms with van der Waals surface area (Å²) in [5, 5.41) is 11.4. The van der Waals surface area contributed by atoms with Gasteiger partial charge in [0.15, 0.2) is 0 Å². The van der Waals surface area contributed by atoms with E-state index in [2.05, 4.69) is 5.32 Å². The van der Waals surface area contributed by atoms with Crippen molar-refractivity contribution in [1.82, 2.24) is 4.90 Å². The molecular weight excluding hydrogens is 435 g/mol.